The van der Waals surface area contributed by atoms with E-state index in [1.807, 2.05) is 79.0 Å². The summed E-state index contributed by atoms with van der Waals surface area (Å²) in [5.41, 5.74) is 3.07. The van der Waals surface area contributed by atoms with Crippen LogP contribution in [0.25, 0.3) is 21.6 Å². The molecule has 0 saturated heterocycles. The molecule has 0 unspecified atom stereocenters. The smallest absolute Gasteiger partial charge is 0.336 e. The lowest BCUT2D eigenvalue weighted by molar-refractivity contribution is 0.0699. The number of hydrogen-bond acceptors (Lipinski definition) is 5. The molecule has 0 bridgehead atoms. The molecular weight excluding hydrogens is 422 g/mol. The summed E-state index contributed by atoms with van der Waals surface area (Å²) < 4.78 is 7.62. The van der Waals surface area contributed by atoms with Gasteiger partial charge in [0.25, 0.3) is 0 Å². The van der Waals surface area contributed by atoms with Gasteiger partial charge in [0.15, 0.2) is 5.65 Å². The molecule has 0 aliphatic rings. The fourth-order valence-electron chi connectivity index (χ4n) is 3.64. The molecule has 0 spiro atoms. The predicted molar refractivity (Wildman–Crippen MR) is 125 cm³/mol. The summed E-state index contributed by atoms with van der Waals surface area (Å²) in [5.74, 6) is 0.536. The van der Waals surface area contributed by atoms with Crippen molar-refractivity contribution in [3.05, 3.63) is 95.0 Å². The normalized spacial score (nSPS) is 11.0. The number of ether oxygens (including phenoxy) is 1. The van der Waals surface area contributed by atoms with Crippen LogP contribution in [0.5, 0.6) is 11.5 Å². The zero-order valence-electron chi connectivity index (χ0n) is 17.2. The van der Waals surface area contributed by atoms with Gasteiger partial charge in [-0.2, -0.15) is 5.10 Å². The first-order chi connectivity index (χ1) is 15.6. The average Bonchev–Trinajstić information content (AvgIpc) is 3.44. The number of carbonyl (C=O) groups is 1. The Morgan fingerprint density at radius 2 is 1.78 bits per heavy atom. The first kappa shape index (κ1) is 20.0. The van der Waals surface area contributed by atoms with Crippen LogP contribution in [0.1, 0.15) is 21.6 Å². The van der Waals surface area contributed by atoms with Gasteiger partial charge in [0.1, 0.15) is 11.5 Å². The minimum atomic E-state index is -0.986. The van der Waals surface area contributed by atoms with Crippen molar-refractivity contribution < 1.29 is 14.6 Å². The van der Waals surface area contributed by atoms with Crippen molar-refractivity contribution in [1.29, 1.82) is 0 Å². The highest BCUT2D eigenvalue weighted by atomic mass is 32.1. The van der Waals surface area contributed by atoms with Gasteiger partial charge < -0.3 is 9.84 Å². The standard InChI is InChI=1S/C25H19N3O3S/c1-16-23-20(25(29)30)14-21(22-8-5-13-32-22)26-24(23)28(27-16)15-17-9-11-19(12-10-17)31-18-6-3-2-4-7-18/h2-14H,15H2,1H3,(H,29,30). The number of thiophene rings is 1. The number of carboxylic acids is 1. The lowest BCUT2D eigenvalue weighted by Gasteiger charge is -2.08. The third-order valence-electron chi connectivity index (χ3n) is 5.12. The third kappa shape index (κ3) is 3.86. The molecule has 1 N–H and O–H groups in total. The molecule has 2 aromatic carbocycles. The maximum absolute atomic E-state index is 12.0. The summed E-state index contributed by atoms with van der Waals surface area (Å²) in [5, 5.41) is 16.9. The molecule has 0 radical (unpaired) electrons. The molecule has 0 fully saturated rings. The summed E-state index contributed by atoms with van der Waals surface area (Å²) in [4.78, 5) is 17.7. The topological polar surface area (TPSA) is 77.2 Å². The number of aromatic carboxylic acids is 1. The fourth-order valence-corrected chi connectivity index (χ4v) is 4.33. The van der Waals surface area contributed by atoms with E-state index in [1.54, 1.807) is 10.7 Å². The van der Waals surface area contributed by atoms with Gasteiger partial charge in [-0.15, -0.1) is 11.3 Å². The van der Waals surface area contributed by atoms with E-state index < -0.39 is 5.97 Å². The number of hydrogen-bond donors (Lipinski definition) is 1. The van der Waals surface area contributed by atoms with Crippen LogP contribution >= 0.6 is 11.3 Å². The number of nitrogens with zero attached hydrogens (tertiary/aromatic N) is 3. The van der Waals surface area contributed by atoms with Gasteiger partial charge in [0, 0.05) is 0 Å². The molecule has 0 aliphatic heterocycles. The molecule has 7 heteroatoms. The highest BCUT2D eigenvalue weighted by molar-refractivity contribution is 7.13. The predicted octanol–water partition coefficient (Wildman–Crippen LogP) is 6.01. The number of aryl methyl sites for hydroxylation is 1. The Labute approximate surface area is 188 Å². The van der Waals surface area contributed by atoms with Crippen molar-refractivity contribution in [2.45, 2.75) is 13.5 Å². The van der Waals surface area contributed by atoms with Crippen LogP contribution in [-0.2, 0) is 6.54 Å². The van der Waals surface area contributed by atoms with E-state index >= 15 is 0 Å². The number of fused-ring (bicyclic) bond motifs is 1. The second-order valence-electron chi connectivity index (χ2n) is 7.34. The largest absolute Gasteiger partial charge is 0.478 e. The second kappa shape index (κ2) is 8.28. The Balaban J connectivity index is 1.49. The van der Waals surface area contributed by atoms with Crippen molar-refractivity contribution in [3.8, 4) is 22.1 Å². The zero-order valence-corrected chi connectivity index (χ0v) is 18.0. The molecule has 158 valence electrons. The molecular formula is C25H19N3O3S. The van der Waals surface area contributed by atoms with Crippen LogP contribution in [0.4, 0.5) is 0 Å². The molecule has 6 nitrogen and oxygen atoms in total. The van der Waals surface area contributed by atoms with Gasteiger partial charge in [-0.3, -0.25) is 0 Å². The molecule has 0 atom stereocenters. The Morgan fingerprint density at radius 3 is 2.47 bits per heavy atom. The van der Waals surface area contributed by atoms with Crippen molar-refractivity contribution >= 4 is 28.3 Å². The minimum Gasteiger partial charge on any atom is -0.478 e. The Bertz CT molecular complexity index is 1390. The van der Waals surface area contributed by atoms with Crippen LogP contribution in [0.2, 0.25) is 0 Å². The summed E-state index contributed by atoms with van der Waals surface area (Å²) in [7, 11) is 0. The van der Waals surface area contributed by atoms with E-state index in [0.717, 1.165) is 21.9 Å². The number of aromatic nitrogens is 3. The van der Waals surface area contributed by atoms with Crippen LogP contribution < -0.4 is 4.74 Å². The summed E-state index contributed by atoms with van der Waals surface area (Å²) in [6.07, 6.45) is 0. The quantitative estimate of drug-likeness (QED) is 0.349. The maximum Gasteiger partial charge on any atom is 0.336 e. The van der Waals surface area contributed by atoms with Crippen LogP contribution in [0.3, 0.4) is 0 Å². The van der Waals surface area contributed by atoms with E-state index in [0.29, 0.717) is 29.0 Å². The van der Waals surface area contributed by atoms with Crippen molar-refractivity contribution in [2.24, 2.45) is 0 Å². The highest BCUT2D eigenvalue weighted by Crippen LogP contribution is 2.30. The van der Waals surface area contributed by atoms with Gasteiger partial charge >= 0.3 is 5.97 Å². The van der Waals surface area contributed by atoms with Crippen molar-refractivity contribution in [1.82, 2.24) is 14.8 Å². The van der Waals surface area contributed by atoms with E-state index in [-0.39, 0.29) is 5.56 Å². The second-order valence-corrected chi connectivity index (χ2v) is 8.29. The lowest BCUT2D eigenvalue weighted by atomic mass is 10.1. The highest BCUT2D eigenvalue weighted by Gasteiger charge is 2.20. The summed E-state index contributed by atoms with van der Waals surface area (Å²) in [6.45, 7) is 2.28. The first-order valence-electron chi connectivity index (χ1n) is 10.1. The number of pyridine rings is 1. The van der Waals surface area contributed by atoms with E-state index in [4.69, 9.17) is 9.72 Å². The molecule has 0 amide bonds. The van der Waals surface area contributed by atoms with Gasteiger partial charge in [-0.1, -0.05) is 36.4 Å². The molecule has 3 heterocycles. The molecule has 32 heavy (non-hydrogen) atoms. The molecule has 5 rings (SSSR count). The Morgan fingerprint density at radius 1 is 1.03 bits per heavy atom. The van der Waals surface area contributed by atoms with Crippen LogP contribution in [0.15, 0.2) is 78.2 Å². The van der Waals surface area contributed by atoms with Crippen molar-refractivity contribution in [2.75, 3.05) is 0 Å². The van der Waals surface area contributed by atoms with E-state index in [2.05, 4.69) is 5.10 Å². The van der Waals surface area contributed by atoms with Crippen LogP contribution in [-0.4, -0.2) is 25.8 Å². The Kier molecular flexibility index (Phi) is 5.17. The molecule has 0 saturated carbocycles. The molecule has 5 aromatic rings. The number of carboxylic acid groups (broad SMARTS) is 1. The van der Waals surface area contributed by atoms with Gasteiger partial charge in [-0.25, -0.2) is 14.5 Å². The van der Waals surface area contributed by atoms with E-state index in [9.17, 15) is 9.90 Å². The zero-order chi connectivity index (χ0) is 22.1. The van der Waals surface area contributed by atoms with Gasteiger partial charge in [0.2, 0.25) is 0 Å². The molecule has 3 aromatic heterocycles. The fraction of sp³-hybridized carbons (Fsp3) is 0.0800. The van der Waals surface area contributed by atoms with Gasteiger partial charge in [-0.05, 0) is 54.3 Å². The van der Waals surface area contributed by atoms with Gasteiger partial charge in [0.05, 0.1) is 33.8 Å². The maximum atomic E-state index is 12.0. The van der Waals surface area contributed by atoms with E-state index in [1.165, 1.54) is 11.3 Å². The molecule has 0 aliphatic carbocycles. The first-order valence-corrected chi connectivity index (χ1v) is 10.9. The van der Waals surface area contributed by atoms with Crippen molar-refractivity contribution in [3.63, 3.8) is 0 Å². The lowest BCUT2D eigenvalue weighted by Crippen LogP contribution is -2.05. The number of rotatable bonds is 6. The number of para-hydroxylation sites is 1. The monoisotopic (exact) mass is 441 g/mol. The Hall–Kier alpha value is -3.97. The number of benzene rings is 2. The average molecular weight is 442 g/mol. The SMILES string of the molecule is Cc1nn(Cc2ccc(Oc3ccccc3)cc2)c2nc(-c3cccs3)cc(C(=O)O)c12. The third-order valence-corrected chi connectivity index (χ3v) is 6.01. The minimum absolute atomic E-state index is 0.216. The van der Waals surface area contributed by atoms with Crippen LogP contribution in [0, 0.1) is 6.92 Å². The summed E-state index contributed by atoms with van der Waals surface area (Å²) in [6, 6.07) is 22.9. The summed E-state index contributed by atoms with van der Waals surface area (Å²) >= 11 is 1.52.